The Morgan fingerprint density at radius 1 is 1.28 bits per heavy atom. The number of ether oxygens (including phenoxy) is 2. The van der Waals surface area contributed by atoms with E-state index in [2.05, 4.69) is 17.0 Å². The molecule has 5 rings (SSSR count). The first-order chi connectivity index (χ1) is 15.5. The number of aldehydes is 1. The van der Waals surface area contributed by atoms with Gasteiger partial charge in [-0.1, -0.05) is 17.7 Å². The molecule has 0 bridgehead atoms. The summed E-state index contributed by atoms with van der Waals surface area (Å²) in [4.78, 5) is 26.1. The Kier molecular flexibility index (Phi) is 5.62. The quantitative estimate of drug-likeness (QED) is 0.490. The van der Waals surface area contributed by atoms with Crippen LogP contribution in [0.1, 0.15) is 47.2 Å². The molecule has 0 saturated heterocycles. The molecule has 2 aliphatic carbocycles. The van der Waals surface area contributed by atoms with Crippen molar-refractivity contribution in [3.8, 4) is 5.75 Å². The zero-order chi connectivity index (χ0) is 22.3. The normalized spacial score (nSPS) is 26.2. The van der Waals surface area contributed by atoms with E-state index in [1.165, 1.54) is 18.2 Å². The Morgan fingerprint density at radius 2 is 2.16 bits per heavy atom. The molecule has 0 unspecified atom stereocenters. The monoisotopic (exact) mass is 453 g/mol. The zero-order valence-electron chi connectivity index (χ0n) is 18.3. The summed E-state index contributed by atoms with van der Waals surface area (Å²) in [7, 11) is 1.39. The molecule has 1 fully saturated rings. The maximum Gasteiger partial charge on any atom is 0.337 e. The van der Waals surface area contributed by atoms with Gasteiger partial charge in [-0.25, -0.2) is 4.79 Å². The fourth-order valence-corrected chi connectivity index (χ4v) is 5.84. The number of hydrogen-bond donors (Lipinski definition) is 0. The lowest BCUT2D eigenvalue weighted by Crippen LogP contribution is -2.48. The lowest BCUT2D eigenvalue weighted by atomic mass is 9.69. The maximum atomic E-state index is 12.2. The van der Waals surface area contributed by atoms with Gasteiger partial charge >= 0.3 is 5.97 Å². The van der Waals surface area contributed by atoms with Gasteiger partial charge in [-0.05, 0) is 79.5 Å². The van der Waals surface area contributed by atoms with Crippen LogP contribution in [0.5, 0.6) is 5.75 Å². The van der Waals surface area contributed by atoms with E-state index in [-0.39, 0.29) is 17.3 Å². The number of anilines is 1. The first kappa shape index (κ1) is 21.3. The molecule has 0 aromatic heterocycles. The van der Waals surface area contributed by atoms with Gasteiger partial charge in [0.1, 0.15) is 12.0 Å². The summed E-state index contributed by atoms with van der Waals surface area (Å²) in [6, 6.07) is 11.7. The van der Waals surface area contributed by atoms with Crippen molar-refractivity contribution in [2.75, 3.05) is 31.7 Å². The van der Waals surface area contributed by atoms with Gasteiger partial charge in [-0.3, -0.25) is 0 Å². The van der Waals surface area contributed by atoms with Crippen molar-refractivity contribution in [3.05, 3.63) is 58.1 Å². The van der Waals surface area contributed by atoms with E-state index in [0.29, 0.717) is 18.1 Å². The number of nitrogens with zero attached hydrogens (tertiary/aromatic N) is 1. The van der Waals surface area contributed by atoms with Gasteiger partial charge in [0, 0.05) is 29.4 Å². The molecule has 168 valence electrons. The van der Waals surface area contributed by atoms with Crippen molar-refractivity contribution < 1.29 is 19.1 Å². The average molecular weight is 454 g/mol. The third-order valence-corrected chi connectivity index (χ3v) is 7.80. The second-order valence-electron chi connectivity index (χ2n) is 9.42. The summed E-state index contributed by atoms with van der Waals surface area (Å²) in [5.74, 6) is 0.849. The largest absolute Gasteiger partial charge is 0.490 e. The molecule has 1 aliphatic heterocycles. The van der Waals surface area contributed by atoms with Crippen LogP contribution in [0.2, 0.25) is 5.02 Å². The number of rotatable bonds is 4. The molecule has 1 saturated carbocycles. The molecule has 2 aromatic rings. The summed E-state index contributed by atoms with van der Waals surface area (Å²) in [5.41, 5.74) is 3.85. The van der Waals surface area contributed by atoms with Crippen molar-refractivity contribution in [3.63, 3.8) is 0 Å². The van der Waals surface area contributed by atoms with Crippen LogP contribution in [0, 0.1) is 11.8 Å². The van der Waals surface area contributed by atoms with E-state index >= 15 is 0 Å². The van der Waals surface area contributed by atoms with Gasteiger partial charge in [0.2, 0.25) is 0 Å². The van der Waals surface area contributed by atoms with Crippen LogP contribution in [-0.2, 0) is 21.4 Å². The Bertz CT molecular complexity index is 1050. The van der Waals surface area contributed by atoms with Crippen molar-refractivity contribution in [2.45, 2.75) is 37.5 Å². The highest BCUT2D eigenvalue weighted by Crippen LogP contribution is 2.46. The van der Waals surface area contributed by atoms with Crippen LogP contribution in [0.3, 0.4) is 0 Å². The highest BCUT2D eigenvalue weighted by atomic mass is 35.5. The van der Waals surface area contributed by atoms with Gasteiger partial charge in [-0.2, -0.15) is 0 Å². The van der Waals surface area contributed by atoms with E-state index in [1.54, 1.807) is 6.07 Å². The number of hydrogen-bond acceptors (Lipinski definition) is 5. The van der Waals surface area contributed by atoms with E-state index in [1.807, 2.05) is 18.2 Å². The predicted octanol–water partition coefficient (Wildman–Crippen LogP) is 4.82. The van der Waals surface area contributed by atoms with Crippen LogP contribution in [0.25, 0.3) is 0 Å². The molecule has 0 N–H and O–H groups in total. The Labute approximate surface area is 193 Å². The van der Waals surface area contributed by atoms with Crippen LogP contribution >= 0.6 is 11.6 Å². The number of halogens is 1. The van der Waals surface area contributed by atoms with Gasteiger partial charge in [-0.15, -0.1) is 0 Å². The predicted molar refractivity (Wildman–Crippen MR) is 124 cm³/mol. The number of esters is 1. The van der Waals surface area contributed by atoms with E-state index in [0.717, 1.165) is 67.9 Å². The van der Waals surface area contributed by atoms with Crippen molar-refractivity contribution in [2.24, 2.45) is 11.8 Å². The Morgan fingerprint density at radius 3 is 2.91 bits per heavy atom. The first-order valence-electron chi connectivity index (χ1n) is 11.4. The van der Waals surface area contributed by atoms with Crippen LogP contribution < -0.4 is 9.64 Å². The minimum Gasteiger partial charge on any atom is -0.490 e. The molecule has 0 amide bonds. The van der Waals surface area contributed by atoms with Crippen LogP contribution in [0.15, 0.2) is 36.4 Å². The second kappa shape index (κ2) is 8.43. The topological polar surface area (TPSA) is 55.8 Å². The Balaban J connectivity index is 1.56. The molecule has 0 radical (unpaired) electrons. The zero-order valence-corrected chi connectivity index (χ0v) is 19.1. The fourth-order valence-electron chi connectivity index (χ4n) is 5.64. The third-order valence-electron chi connectivity index (χ3n) is 7.56. The number of fused-ring (bicyclic) bond motifs is 3. The number of benzene rings is 2. The summed E-state index contributed by atoms with van der Waals surface area (Å²) in [6.45, 7) is 2.13. The van der Waals surface area contributed by atoms with Gasteiger partial charge < -0.3 is 19.2 Å². The van der Waals surface area contributed by atoms with E-state index in [4.69, 9.17) is 21.1 Å². The summed E-state index contributed by atoms with van der Waals surface area (Å²) in [6.07, 6.45) is 6.23. The van der Waals surface area contributed by atoms with Crippen LogP contribution in [-0.4, -0.2) is 39.1 Å². The number of carbonyl (C=O) groups is 2. The lowest BCUT2D eigenvalue weighted by molar-refractivity contribution is -0.115. The summed E-state index contributed by atoms with van der Waals surface area (Å²) in [5, 5.41) is 0.765. The van der Waals surface area contributed by atoms with Crippen LogP contribution in [0.4, 0.5) is 5.69 Å². The molecule has 3 atom stereocenters. The highest BCUT2D eigenvalue weighted by Gasteiger charge is 2.43. The molecule has 1 heterocycles. The van der Waals surface area contributed by atoms with Gasteiger partial charge in [0.25, 0.3) is 0 Å². The lowest BCUT2D eigenvalue weighted by Gasteiger charge is -2.43. The third kappa shape index (κ3) is 3.66. The molecule has 32 heavy (non-hydrogen) atoms. The smallest absolute Gasteiger partial charge is 0.337 e. The molecule has 2 aromatic carbocycles. The second-order valence-corrected chi connectivity index (χ2v) is 9.85. The van der Waals surface area contributed by atoms with E-state index < -0.39 is 0 Å². The van der Waals surface area contributed by atoms with Gasteiger partial charge in [0.05, 0.1) is 25.0 Å². The van der Waals surface area contributed by atoms with E-state index in [9.17, 15) is 9.59 Å². The molecule has 3 aliphatic rings. The number of carbonyl (C=O) groups excluding carboxylic acids is 2. The molecule has 1 spiro atoms. The summed E-state index contributed by atoms with van der Waals surface area (Å²) >= 11 is 6.31. The van der Waals surface area contributed by atoms with Crippen molar-refractivity contribution in [1.82, 2.24) is 0 Å². The number of methoxy groups -OCH3 is 1. The molecule has 6 heteroatoms. The number of aryl methyl sites for hydroxylation is 1. The van der Waals surface area contributed by atoms with Gasteiger partial charge in [0.15, 0.2) is 0 Å². The minimum absolute atomic E-state index is 0.111. The van der Waals surface area contributed by atoms with Crippen molar-refractivity contribution in [1.29, 1.82) is 0 Å². The fraction of sp³-hybridized carbons (Fsp3) is 0.462. The average Bonchev–Trinajstić information content (AvgIpc) is 2.93. The maximum absolute atomic E-state index is 12.2. The first-order valence-corrected chi connectivity index (χ1v) is 11.7. The molecular weight excluding hydrogens is 426 g/mol. The summed E-state index contributed by atoms with van der Waals surface area (Å²) < 4.78 is 11.4. The standard InChI is InChI=1S/C26H28ClNO4/c1-31-25(30)18-6-9-24-23(12-18)28(13-19-4-5-20(19)14-29)15-26(16-32-24)10-2-3-17-11-21(27)7-8-22(17)26/h6-9,11-12,14,19-20H,2-5,10,13,15-16H2,1H3/t19-,20-,26-/m0/s1. The highest BCUT2D eigenvalue weighted by molar-refractivity contribution is 6.30. The Hall–Kier alpha value is -2.53. The minimum atomic E-state index is -0.362. The molecular formula is C26H28ClNO4. The SMILES string of the molecule is COC(=O)c1ccc2c(c1)N(C[C@@H]1CC[C@H]1C=O)C[C@@]1(CCCc3cc(Cl)ccc31)CO2. The van der Waals surface area contributed by atoms with Crippen molar-refractivity contribution >= 4 is 29.5 Å². The molecule has 5 nitrogen and oxygen atoms in total.